The normalized spacial score (nSPS) is 11.8. The van der Waals surface area contributed by atoms with Gasteiger partial charge >= 0.3 is 0 Å². The maximum atomic E-state index is 4.63. The van der Waals surface area contributed by atoms with Gasteiger partial charge in [0.2, 0.25) is 0 Å². The fourth-order valence-electron chi connectivity index (χ4n) is 1.96. The number of hydrogen-bond donors (Lipinski definition) is 1. The van der Waals surface area contributed by atoms with Crippen molar-refractivity contribution in [2.75, 3.05) is 11.9 Å². The van der Waals surface area contributed by atoms with E-state index >= 15 is 0 Å². The van der Waals surface area contributed by atoms with Crippen LogP contribution in [0, 0.1) is 12.3 Å². The van der Waals surface area contributed by atoms with Crippen LogP contribution in [0.3, 0.4) is 0 Å². The van der Waals surface area contributed by atoms with E-state index in [-0.39, 0.29) is 0 Å². The van der Waals surface area contributed by atoms with Crippen molar-refractivity contribution in [1.82, 2.24) is 4.98 Å². The first-order valence-electron chi connectivity index (χ1n) is 6.56. The summed E-state index contributed by atoms with van der Waals surface area (Å²) in [4.78, 5) is 4.63. The first-order chi connectivity index (χ1) is 8.46. The molecule has 0 atom stereocenters. The van der Waals surface area contributed by atoms with E-state index in [1.165, 1.54) is 5.39 Å². The number of nitrogens with one attached hydrogen (secondary N) is 1. The lowest BCUT2D eigenvalue weighted by atomic mass is 9.92. The van der Waals surface area contributed by atoms with Crippen LogP contribution in [0.1, 0.15) is 32.9 Å². The molecule has 2 aromatic rings. The number of rotatable bonds is 3. The molecule has 96 valence electrons. The molecule has 2 nitrogen and oxygen atoms in total. The second-order valence-corrected chi connectivity index (χ2v) is 6.07. The summed E-state index contributed by atoms with van der Waals surface area (Å²) >= 11 is 0. The number of hydrogen-bond acceptors (Lipinski definition) is 2. The SMILES string of the molecule is Cc1ccc2cccc(NCCC(C)(C)C)c2n1. The minimum absolute atomic E-state index is 0.362. The van der Waals surface area contributed by atoms with Gasteiger partial charge in [0, 0.05) is 17.6 Å². The van der Waals surface area contributed by atoms with Gasteiger partial charge in [-0.05, 0) is 30.9 Å². The Morgan fingerprint density at radius 2 is 1.89 bits per heavy atom. The molecule has 0 saturated heterocycles. The van der Waals surface area contributed by atoms with Crippen LogP contribution >= 0.6 is 0 Å². The van der Waals surface area contributed by atoms with Crippen molar-refractivity contribution >= 4 is 16.6 Å². The lowest BCUT2D eigenvalue weighted by Gasteiger charge is -2.19. The van der Waals surface area contributed by atoms with Crippen molar-refractivity contribution in [3.05, 3.63) is 36.0 Å². The van der Waals surface area contributed by atoms with E-state index < -0.39 is 0 Å². The van der Waals surface area contributed by atoms with E-state index in [0.717, 1.165) is 29.9 Å². The number of aryl methyl sites for hydroxylation is 1. The third-order valence-electron chi connectivity index (χ3n) is 3.05. The Morgan fingerprint density at radius 3 is 2.61 bits per heavy atom. The van der Waals surface area contributed by atoms with Gasteiger partial charge < -0.3 is 5.32 Å². The summed E-state index contributed by atoms with van der Waals surface area (Å²) in [5, 5.41) is 4.70. The molecule has 2 heteroatoms. The van der Waals surface area contributed by atoms with Crippen LogP contribution in [0.15, 0.2) is 30.3 Å². The summed E-state index contributed by atoms with van der Waals surface area (Å²) in [6.07, 6.45) is 1.15. The van der Waals surface area contributed by atoms with Crippen LogP contribution in [0.5, 0.6) is 0 Å². The third kappa shape index (κ3) is 3.22. The standard InChI is InChI=1S/C16H22N2/c1-12-8-9-13-6-5-7-14(15(13)18-12)17-11-10-16(2,3)4/h5-9,17H,10-11H2,1-4H3. The lowest BCUT2D eigenvalue weighted by Crippen LogP contribution is -2.13. The molecule has 2 rings (SSSR count). The van der Waals surface area contributed by atoms with Crippen LogP contribution in [-0.2, 0) is 0 Å². The minimum atomic E-state index is 0.362. The van der Waals surface area contributed by atoms with Gasteiger partial charge in [0.15, 0.2) is 0 Å². The number of para-hydroxylation sites is 1. The zero-order valence-corrected chi connectivity index (χ0v) is 11.7. The van der Waals surface area contributed by atoms with E-state index in [1.54, 1.807) is 0 Å². The monoisotopic (exact) mass is 242 g/mol. The Kier molecular flexibility index (Phi) is 3.55. The highest BCUT2D eigenvalue weighted by Gasteiger charge is 2.09. The maximum Gasteiger partial charge on any atom is 0.0936 e. The van der Waals surface area contributed by atoms with E-state index in [1.807, 2.05) is 6.92 Å². The van der Waals surface area contributed by atoms with Gasteiger partial charge in [-0.15, -0.1) is 0 Å². The lowest BCUT2D eigenvalue weighted by molar-refractivity contribution is 0.390. The Labute approximate surface area is 109 Å². The Morgan fingerprint density at radius 1 is 1.11 bits per heavy atom. The number of aromatic nitrogens is 1. The maximum absolute atomic E-state index is 4.63. The zero-order chi connectivity index (χ0) is 13.2. The predicted octanol–water partition coefficient (Wildman–Crippen LogP) is 4.39. The molecule has 0 bridgehead atoms. The highest BCUT2D eigenvalue weighted by Crippen LogP contribution is 2.23. The average Bonchev–Trinajstić information content (AvgIpc) is 2.28. The van der Waals surface area contributed by atoms with E-state index in [9.17, 15) is 0 Å². The van der Waals surface area contributed by atoms with Gasteiger partial charge in [-0.1, -0.05) is 39.0 Å². The molecule has 0 aliphatic heterocycles. The van der Waals surface area contributed by atoms with E-state index in [2.05, 4.69) is 61.4 Å². The van der Waals surface area contributed by atoms with Gasteiger partial charge in [0.1, 0.15) is 0 Å². The van der Waals surface area contributed by atoms with Gasteiger partial charge in [-0.25, -0.2) is 0 Å². The molecular formula is C16H22N2. The number of pyridine rings is 1. The van der Waals surface area contributed by atoms with Crippen LogP contribution in [0.25, 0.3) is 10.9 Å². The molecule has 0 aliphatic carbocycles. The molecule has 0 amide bonds. The fraction of sp³-hybridized carbons (Fsp3) is 0.438. The molecule has 0 fully saturated rings. The summed E-state index contributed by atoms with van der Waals surface area (Å²) in [7, 11) is 0. The highest BCUT2D eigenvalue weighted by atomic mass is 14.9. The molecule has 1 heterocycles. The summed E-state index contributed by atoms with van der Waals surface area (Å²) in [5.41, 5.74) is 3.64. The van der Waals surface area contributed by atoms with Crippen molar-refractivity contribution in [1.29, 1.82) is 0 Å². The topological polar surface area (TPSA) is 24.9 Å². The molecule has 0 saturated carbocycles. The average molecular weight is 242 g/mol. The van der Waals surface area contributed by atoms with Crippen LogP contribution in [0.2, 0.25) is 0 Å². The first kappa shape index (κ1) is 12.9. The van der Waals surface area contributed by atoms with Gasteiger partial charge in [-0.3, -0.25) is 4.98 Å². The largest absolute Gasteiger partial charge is 0.383 e. The van der Waals surface area contributed by atoms with E-state index in [0.29, 0.717) is 5.41 Å². The second kappa shape index (κ2) is 4.97. The van der Waals surface area contributed by atoms with Crippen molar-refractivity contribution in [2.24, 2.45) is 5.41 Å². The number of fused-ring (bicyclic) bond motifs is 1. The van der Waals surface area contributed by atoms with Crippen molar-refractivity contribution < 1.29 is 0 Å². The van der Waals surface area contributed by atoms with Crippen molar-refractivity contribution in [2.45, 2.75) is 34.1 Å². The number of anilines is 1. The highest BCUT2D eigenvalue weighted by molar-refractivity contribution is 5.90. The third-order valence-corrected chi connectivity index (χ3v) is 3.05. The molecule has 0 aliphatic rings. The second-order valence-electron chi connectivity index (χ2n) is 6.07. The van der Waals surface area contributed by atoms with Crippen molar-refractivity contribution in [3.8, 4) is 0 Å². The Bertz CT molecular complexity index is 538. The van der Waals surface area contributed by atoms with Crippen LogP contribution in [-0.4, -0.2) is 11.5 Å². The predicted molar refractivity (Wildman–Crippen MR) is 79.0 cm³/mol. The van der Waals surface area contributed by atoms with Gasteiger partial charge in [0.25, 0.3) is 0 Å². The summed E-state index contributed by atoms with van der Waals surface area (Å²) in [5.74, 6) is 0. The summed E-state index contributed by atoms with van der Waals surface area (Å²) in [6.45, 7) is 9.81. The molecule has 1 aromatic heterocycles. The molecule has 1 aromatic carbocycles. The van der Waals surface area contributed by atoms with Crippen LogP contribution in [0.4, 0.5) is 5.69 Å². The molecule has 0 spiro atoms. The van der Waals surface area contributed by atoms with Crippen LogP contribution < -0.4 is 5.32 Å². The Hall–Kier alpha value is -1.57. The summed E-state index contributed by atoms with van der Waals surface area (Å²) in [6, 6.07) is 10.5. The van der Waals surface area contributed by atoms with Crippen molar-refractivity contribution in [3.63, 3.8) is 0 Å². The first-order valence-corrected chi connectivity index (χ1v) is 6.56. The molecule has 0 unspecified atom stereocenters. The van der Waals surface area contributed by atoms with E-state index in [4.69, 9.17) is 0 Å². The minimum Gasteiger partial charge on any atom is -0.383 e. The zero-order valence-electron chi connectivity index (χ0n) is 11.7. The number of nitrogens with zero attached hydrogens (tertiary/aromatic N) is 1. The number of benzene rings is 1. The van der Waals surface area contributed by atoms with Gasteiger partial charge in [-0.2, -0.15) is 0 Å². The molecule has 18 heavy (non-hydrogen) atoms. The molecular weight excluding hydrogens is 220 g/mol. The molecule has 1 N–H and O–H groups in total. The quantitative estimate of drug-likeness (QED) is 0.863. The molecule has 0 radical (unpaired) electrons. The smallest absolute Gasteiger partial charge is 0.0936 e. The van der Waals surface area contributed by atoms with Gasteiger partial charge in [0.05, 0.1) is 11.2 Å². The fourth-order valence-corrected chi connectivity index (χ4v) is 1.96. The Balaban J connectivity index is 2.20. The summed E-state index contributed by atoms with van der Waals surface area (Å²) < 4.78 is 0.